The van der Waals surface area contributed by atoms with Crippen LogP contribution in [0.1, 0.15) is 30.6 Å². The Morgan fingerprint density at radius 3 is 2.67 bits per heavy atom. The number of aryl methyl sites for hydroxylation is 1. The lowest BCUT2D eigenvalue weighted by atomic mass is 10.0. The molecule has 0 saturated heterocycles. The SMILES string of the molecule is CCCn1ncc(Br)c1C(NC)c1ccccc1. The monoisotopic (exact) mass is 307 g/mol. The first-order valence-electron chi connectivity index (χ1n) is 6.21. The second-order valence-corrected chi connectivity index (χ2v) is 5.09. The highest BCUT2D eigenvalue weighted by molar-refractivity contribution is 9.10. The molecule has 2 rings (SSSR count). The topological polar surface area (TPSA) is 29.9 Å². The van der Waals surface area contributed by atoms with Gasteiger partial charge in [-0.15, -0.1) is 0 Å². The first-order chi connectivity index (χ1) is 8.77. The first-order valence-corrected chi connectivity index (χ1v) is 7.00. The molecule has 0 fully saturated rings. The summed E-state index contributed by atoms with van der Waals surface area (Å²) in [5.41, 5.74) is 2.43. The molecule has 0 saturated carbocycles. The van der Waals surface area contributed by atoms with Crippen LogP contribution in [0.3, 0.4) is 0 Å². The molecule has 1 heterocycles. The number of nitrogens with zero attached hydrogens (tertiary/aromatic N) is 2. The fourth-order valence-electron chi connectivity index (χ4n) is 2.16. The second-order valence-electron chi connectivity index (χ2n) is 4.23. The Bertz CT molecular complexity index is 493. The van der Waals surface area contributed by atoms with E-state index in [1.54, 1.807) is 0 Å². The normalized spacial score (nSPS) is 12.6. The average Bonchev–Trinajstić information content (AvgIpc) is 2.75. The molecule has 1 unspecified atom stereocenters. The molecule has 0 radical (unpaired) electrons. The van der Waals surface area contributed by atoms with E-state index in [1.165, 1.54) is 11.3 Å². The number of halogens is 1. The summed E-state index contributed by atoms with van der Waals surface area (Å²) in [4.78, 5) is 0. The largest absolute Gasteiger partial charge is 0.308 e. The smallest absolute Gasteiger partial charge is 0.0757 e. The Balaban J connectivity index is 2.41. The fourth-order valence-corrected chi connectivity index (χ4v) is 2.68. The van der Waals surface area contributed by atoms with Gasteiger partial charge in [0.15, 0.2) is 0 Å². The molecule has 0 aliphatic heterocycles. The Morgan fingerprint density at radius 2 is 2.06 bits per heavy atom. The highest BCUT2D eigenvalue weighted by Gasteiger charge is 2.19. The van der Waals surface area contributed by atoms with Gasteiger partial charge in [-0.2, -0.15) is 5.10 Å². The number of hydrogen-bond donors (Lipinski definition) is 1. The Hall–Kier alpha value is -1.13. The van der Waals surface area contributed by atoms with Gasteiger partial charge in [-0.1, -0.05) is 37.3 Å². The van der Waals surface area contributed by atoms with Crippen molar-refractivity contribution < 1.29 is 0 Å². The van der Waals surface area contributed by atoms with Crippen LogP contribution in [0.5, 0.6) is 0 Å². The Kier molecular flexibility index (Phi) is 4.55. The van der Waals surface area contributed by atoms with Crippen LogP contribution in [-0.2, 0) is 6.54 Å². The average molecular weight is 308 g/mol. The van der Waals surface area contributed by atoms with Gasteiger partial charge in [0.2, 0.25) is 0 Å². The van der Waals surface area contributed by atoms with Crippen molar-refractivity contribution >= 4 is 15.9 Å². The van der Waals surface area contributed by atoms with E-state index in [4.69, 9.17) is 0 Å². The van der Waals surface area contributed by atoms with E-state index >= 15 is 0 Å². The third kappa shape index (κ3) is 2.65. The van der Waals surface area contributed by atoms with E-state index in [-0.39, 0.29) is 6.04 Å². The molecule has 18 heavy (non-hydrogen) atoms. The van der Waals surface area contributed by atoms with Crippen molar-refractivity contribution in [3.63, 3.8) is 0 Å². The van der Waals surface area contributed by atoms with Crippen LogP contribution < -0.4 is 5.32 Å². The van der Waals surface area contributed by atoms with Gasteiger partial charge in [-0.25, -0.2) is 0 Å². The zero-order chi connectivity index (χ0) is 13.0. The summed E-state index contributed by atoms with van der Waals surface area (Å²) in [6, 6.07) is 10.6. The minimum Gasteiger partial charge on any atom is -0.308 e. The highest BCUT2D eigenvalue weighted by Crippen LogP contribution is 2.28. The maximum atomic E-state index is 4.43. The zero-order valence-electron chi connectivity index (χ0n) is 10.7. The molecule has 0 spiro atoms. The van der Waals surface area contributed by atoms with Gasteiger partial charge in [-0.05, 0) is 35.0 Å². The standard InChI is InChI=1S/C14H18BrN3/c1-3-9-18-14(12(15)10-17-18)13(16-2)11-7-5-4-6-8-11/h4-8,10,13,16H,3,9H2,1-2H3. The summed E-state index contributed by atoms with van der Waals surface area (Å²) in [6.07, 6.45) is 2.95. The summed E-state index contributed by atoms with van der Waals surface area (Å²) in [6.45, 7) is 3.10. The molecule has 0 amide bonds. The maximum Gasteiger partial charge on any atom is 0.0757 e. The van der Waals surface area contributed by atoms with Gasteiger partial charge in [0, 0.05) is 6.54 Å². The molecule has 2 aromatic rings. The van der Waals surface area contributed by atoms with Crippen LogP contribution in [0.25, 0.3) is 0 Å². The predicted molar refractivity (Wildman–Crippen MR) is 77.6 cm³/mol. The Morgan fingerprint density at radius 1 is 1.33 bits per heavy atom. The summed E-state index contributed by atoms with van der Waals surface area (Å²) < 4.78 is 3.12. The fraction of sp³-hybridized carbons (Fsp3) is 0.357. The van der Waals surface area contributed by atoms with E-state index in [2.05, 4.69) is 62.2 Å². The minimum absolute atomic E-state index is 0.162. The Labute approximate surface area is 116 Å². The van der Waals surface area contributed by atoms with Crippen molar-refractivity contribution in [3.05, 3.63) is 52.3 Å². The number of aromatic nitrogens is 2. The van der Waals surface area contributed by atoms with E-state index < -0.39 is 0 Å². The molecule has 1 aromatic carbocycles. The van der Waals surface area contributed by atoms with E-state index in [0.29, 0.717) is 0 Å². The van der Waals surface area contributed by atoms with Gasteiger partial charge >= 0.3 is 0 Å². The minimum atomic E-state index is 0.162. The van der Waals surface area contributed by atoms with Crippen LogP contribution >= 0.6 is 15.9 Å². The molecular formula is C14H18BrN3. The molecule has 0 aliphatic rings. The van der Waals surface area contributed by atoms with Gasteiger partial charge in [0.1, 0.15) is 0 Å². The van der Waals surface area contributed by atoms with Gasteiger partial charge in [-0.3, -0.25) is 4.68 Å². The number of benzene rings is 1. The summed E-state index contributed by atoms with van der Waals surface area (Å²) in [7, 11) is 1.98. The van der Waals surface area contributed by atoms with Gasteiger partial charge in [0.05, 0.1) is 22.4 Å². The maximum absolute atomic E-state index is 4.43. The van der Waals surface area contributed by atoms with Crippen LogP contribution in [0, 0.1) is 0 Å². The molecule has 1 atom stereocenters. The van der Waals surface area contributed by atoms with E-state index in [9.17, 15) is 0 Å². The van der Waals surface area contributed by atoms with Crippen molar-refractivity contribution in [3.8, 4) is 0 Å². The molecule has 4 heteroatoms. The van der Waals surface area contributed by atoms with Gasteiger partial charge < -0.3 is 5.32 Å². The third-order valence-electron chi connectivity index (χ3n) is 2.96. The quantitative estimate of drug-likeness (QED) is 0.918. The highest BCUT2D eigenvalue weighted by atomic mass is 79.9. The van der Waals surface area contributed by atoms with Crippen molar-refractivity contribution in [2.75, 3.05) is 7.05 Å². The van der Waals surface area contributed by atoms with Crippen molar-refractivity contribution in [1.82, 2.24) is 15.1 Å². The summed E-state index contributed by atoms with van der Waals surface area (Å²) in [5.74, 6) is 0. The van der Waals surface area contributed by atoms with E-state index in [0.717, 1.165) is 17.4 Å². The molecule has 0 bridgehead atoms. The molecule has 0 aliphatic carbocycles. The van der Waals surface area contributed by atoms with Crippen LogP contribution in [0.2, 0.25) is 0 Å². The summed E-state index contributed by atoms with van der Waals surface area (Å²) in [5, 5.41) is 7.80. The number of rotatable bonds is 5. The summed E-state index contributed by atoms with van der Waals surface area (Å²) >= 11 is 3.60. The lowest BCUT2D eigenvalue weighted by Crippen LogP contribution is -2.22. The molecule has 3 nitrogen and oxygen atoms in total. The molecule has 1 N–H and O–H groups in total. The number of nitrogens with one attached hydrogen (secondary N) is 1. The van der Waals surface area contributed by atoms with Crippen LogP contribution in [0.4, 0.5) is 0 Å². The third-order valence-corrected chi connectivity index (χ3v) is 3.57. The lowest BCUT2D eigenvalue weighted by Gasteiger charge is -2.19. The molecule has 1 aromatic heterocycles. The van der Waals surface area contributed by atoms with Crippen molar-refractivity contribution in [1.29, 1.82) is 0 Å². The van der Waals surface area contributed by atoms with Crippen molar-refractivity contribution in [2.24, 2.45) is 0 Å². The van der Waals surface area contributed by atoms with Crippen LogP contribution in [0.15, 0.2) is 41.0 Å². The zero-order valence-corrected chi connectivity index (χ0v) is 12.3. The second kappa shape index (κ2) is 6.16. The molecule has 96 valence electrons. The van der Waals surface area contributed by atoms with E-state index in [1.807, 2.05) is 19.3 Å². The van der Waals surface area contributed by atoms with Crippen LogP contribution in [-0.4, -0.2) is 16.8 Å². The van der Waals surface area contributed by atoms with Gasteiger partial charge in [0.25, 0.3) is 0 Å². The predicted octanol–water partition coefficient (Wildman–Crippen LogP) is 3.36. The first kappa shape index (κ1) is 13.3. The number of hydrogen-bond acceptors (Lipinski definition) is 2. The molecular weight excluding hydrogens is 290 g/mol. The lowest BCUT2D eigenvalue weighted by molar-refractivity contribution is 0.533. The van der Waals surface area contributed by atoms with Crippen molar-refractivity contribution in [2.45, 2.75) is 25.9 Å².